The highest BCUT2D eigenvalue weighted by atomic mass is 32.2. The van der Waals surface area contributed by atoms with Crippen LogP contribution in [0.25, 0.3) is 5.69 Å². The van der Waals surface area contributed by atoms with Crippen LogP contribution >= 0.6 is 0 Å². The Hall–Kier alpha value is -3.78. The molecule has 0 aliphatic carbocycles. The van der Waals surface area contributed by atoms with Gasteiger partial charge in [-0.05, 0) is 36.4 Å². The minimum absolute atomic E-state index is 0.0655. The Balaban J connectivity index is 1.65. The van der Waals surface area contributed by atoms with Crippen LogP contribution in [-0.2, 0) is 21.0 Å². The van der Waals surface area contributed by atoms with Gasteiger partial charge in [-0.15, -0.1) is 0 Å². The number of piperazine rings is 1. The SMILES string of the molecule is O=C1CN(S(=O)(=O)c2cccc(C(=O)Nc3cc(C(F)(F)F)ccc3-n3cncn3)c2)CCN1. The first kappa shape index (κ1) is 23.4. The van der Waals surface area contributed by atoms with Crippen molar-refractivity contribution in [2.45, 2.75) is 11.1 Å². The van der Waals surface area contributed by atoms with E-state index in [4.69, 9.17) is 0 Å². The molecule has 3 aromatic rings. The molecule has 1 aromatic heterocycles. The molecule has 0 atom stereocenters. The van der Waals surface area contributed by atoms with Crippen molar-refractivity contribution in [3.63, 3.8) is 0 Å². The topological polar surface area (TPSA) is 126 Å². The highest BCUT2D eigenvalue weighted by molar-refractivity contribution is 7.89. The van der Waals surface area contributed by atoms with Gasteiger partial charge in [0, 0.05) is 18.7 Å². The van der Waals surface area contributed by atoms with Crippen LogP contribution in [-0.4, -0.2) is 58.9 Å². The number of carbonyl (C=O) groups is 2. The number of sulfonamides is 1. The Morgan fingerprint density at radius 1 is 1.15 bits per heavy atom. The first-order valence-corrected chi connectivity index (χ1v) is 11.2. The molecule has 0 spiro atoms. The number of nitrogens with zero attached hydrogens (tertiary/aromatic N) is 4. The van der Waals surface area contributed by atoms with Gasteiger partial charge in [-0.1, -0.05) is 6.07 Å². The van der Waals surface area contributed by atoms with Crippen molar-refractivity contribution >= 4 is 27.5 Å². The number of hydrogen-bond acceptors (Lipinski definition) is 6. The van der Waals surface area contributed by atoms with Gasteiger partial charge in [0.05, 0.1) is 28.4 Å². The van der Waals surface area contributed by atoms with E-state index in [1.807, 2.05) is 0 Å². The Morgan fingerprint density at radius 3 is 2.62 bits per heavy atom. The number of anilines is 1. The zero-order valence-electron chi connectivity index (χ0n) is 17.3. The van der Waals surface area contributed by atoms with Gasteiger partial charge in [-0.25, -0.2) is 18.1 Å². The largest absolute Gasteiger partial charge is 0.416 e. The summed E-state index contributed by atoms with van der Waals surface area (Å²) < 4.78 is 67.7. The number of aromatic nitrogens is 3. The second-order valence-electron chi connectivity index (χ2n) is 7.24. The third kappa shape index (κ3) is 4.77. The summed E-state index contributed by atoms with van der Waals surface area (Å²) in [4.78, 5) is 28.0. The zero-order valence-corrected chi connectivity index (χ0v) is 18.1. The minimum atomic E-state index is -4.66. The fourth-order valence-corrected chi connectivity index (χ4v) is 4.75. The molecule has 1 aliphatic heterocycles. The molecule has 0 unspecified atom stereocenters. The van der Waals surface area contributed by atoms with Gasteiger partial charge in [-0.2, -0.15) is 22.6 Å². The van der Waals surface area contributed by atoms with Crippen LogP contribution in [0, 0.1) is 0 Å². The molecule has 14 heteroatoms. The van der Waals surface area contributed by atoms with E-state index >= 15 is 0 Å². The lowest BCUT2D eigenvalue weighted by atomic mass is 10.1. The molecule has 0 saturated carbocycles. The molecule has 178 valence electrons. The number of amides is 2. The zero-order chi connectivity index (χ0) is 24.5. The van der Waals surface area contributed by atoms with Crippen molar-refractivity contribution < 1.29 is 31.2 Å². The molecular formula is C20H17F3N6O4S. The summed E-state index contributed by atoms with van der Waals surface area (Å²) in [5, 5.41) is 8.80. The van der Waals surface area contributed by atoms with Gasteiger partial charge < -0.3 is 10.6 Å². The Bertz CT molecular complexity index is 1340. The summed E-state index contributed by atoms with van der Waals surface area (Å²) in [6.45, 7) is -0.140. The van der Waals surface area contributed by atoms with Gasteiger partial charge in [0.2, 0.25) is 15.9 Å². The summed E-state index contributed by atoms with van der Waals surface area (Å²) in [7, 11) is -4.07. The molecule has 0 bridgehead atoms. The average Bonchev–Trinajstić information content (AvgIpc) is 3.33. The average molecular weight is 494 g/mol. The molecule has 1 saturated heterocycles. The highest BCUT2D eigenvalue weighted by Gasteiger charge is 2.32. The Morgan fingerprint density at radius 2 is 1.94 bits per heavy atom. The van der Waals surface area contributed by atoms with Gasteiger partial charge in [0.25, 0.3) is 5.91 Å². The number of carbonyl (C=O) groups excluding carboxylic acids is 2. The normalized spacial score (nSPS) is 15.1. The first-order valence-electron chi connectivity index (χ1n) is 9.80. The van der Waals surface area contributed by atoms with E-state index in [0.717, 1.165) is 28.6 Å². The fraction of sp³-hybridized carbons (Fsp3) is 0.200. The van der Waals surface area contributed by atoms with Crippen molar-refractivity contribution in [2.24, 2.45) is 0 Å². The third-order valence-electron chi connectivity index (χ3n) is 4.97. The molecule has 10 nitrogen and oxygen atoms in total. The van der Waals surface area contributed by atoms with E-state index < -0.39 is 33.6 Å². The third-order valence-corrected chi connectivity index (χ3v) is 6.82. The van der Waals surface area contributed by atoms with Crippen molar-refractivity contribution in [1.82, 2.24) is 24.4 Å². The molecule has 2 amide bonds. The summed E-state index contributed by atoms with van der Waals surface area (Å²) in [6.07, 6.45) is -2.23. The number of hydrogen-bond donors (Lipinski definition) is 2. The van der Waals surface area contributed by atoms with Crippen LogP contribution in [0.3, 0.4) is 0 Å². The predicted molar refractivity (Wildman–Crippen MR) is 113 cm³/mol. The number of alkyl halides is 3. The number of nitrogens with one attached hydrogen (secondary N) is 2. The lowest BCUT2D eigenvalue weighted by molar-refractivity contribution is -0.137. The summed E-state index contributed by atoms with van der Waals surface area (Å²) >= 11 is 0. The maximum absolute atomic E-state index is 13.2. The Labute approximate surface area is 191 Å². The van der Waals surface area contributed by atoms with Crippen LogP contribution in [0.1, 0.15) is 15.9 Å². The van der Waals surface area contributed by atoms with Crippen molar-refractivity contribution in [2.75, 3.05) is 25.0 Å². The molecule has 34 heavy (non-hydrogen) atoms. The van der Waals surface area contributed by atoms with E-state index in [0.29, 0.717) is 0 Å². The number of rotatable bonds is 5. The van der Waals surface area contributed by atoms with Crippen LogP contribution in [0.2, 0.25) is 0 Å². The Kier molecular flexibility index (Phi) is 6.10. The second kappa shape index (κ2) is 8.87. The lowest BCUT2D eigenvalue weighted by Crippen LogP contribution is -2.49. The van der Waals surface area contributed by atoms with Gasteiger partial charge in [-0.3, -0.25) is 9.59 Å². The maximum atomic E-state index is 13.2. The van der Waals surface area contributed by atoms with E-state index in [1.165, 1.54) is 35.5 Å². The van der Waals surface area contributed by atoms with Crippen LogP contribution in [0.4, 0.5) is 18.9 Å². The predicted octanol–water partition coefficient (Wildman–Crippen LogP) is 1.66. The van der Waals surface area contributed by atoms with Crippen molar-refractivity contribution in [3.05, 3.63) is 66.2 Å². The molecule has 0 radical (unpaired) electrons. The smallest absolute Gasteiger partial charge is 0.354 e. The van der Waals surface area contributed by atoms with E-state index in [2.05, 4.69) is 20.7 Å². The number of halogens is 3. The van der Waals surface area contributed by atoms with Gasteiger partial charge in [0.15, 0.2) is 0 Å². The lowest BCUT2D eigenvalue weighted by Gasteiger charge is -2.26. The van der Waals surface area contributed by atoms with Gasteiger partial charge in [0.1, 0.15) is 12.7 Å². The first-order chi connectivity index (χ1) is 16.1. The second-order valence-corrected chi connectivity index (χ2v) is 9.18. The monoisotopic (exact) mass is 494 g/mol. The maximum Gasteiger partial charge on any atom is 0.416 e. The standard InChI is InChI=1S/C20H17F3N6O4S/c21-20(22,23)14-4-5-17(29-12-24-11-26-29)16(9-14)27-19(31)13-2-1-3-15(8-13)34(32,33)28-7-6-25-18(30)10-28/h1-5,8-9,11-12H,6-7,10H2,(H,25,30)(H,27,31). The fourth-order valence-electron chi connectivity index (χ4n) is 3.31. The van der Waals surface area contributed by atoms with E-state index in [9.17, 15) is 31.2 Å². The highest BCUT2D eigenvalue weighted by Crippen LogP contribution is 2.33. The van der Waals surface area contributed by atoms with Crippen molar-refractivity contribution in [1.29, 1.82) is 0 Å². The van der Waals surface area contributed by atoms with Crippen LogP contribution in [0.15, 0.2) is 60.0 Å². The molecular weight excluding hydrogens is 477 g/mol. The van der Waals surface area contributed by atoms with Gasteiger partial charge >= 0.3 is 6.18 Å². The molecule has 2 N–H and O–H groups in total. The molecule has 4 rings (SSSR count). The molecule has 2 aromatic carbocycles. The van der Waals surface area contributed by atoms with Crippen molar-refractivity contribution in [3.8, 4) is 5.69 Å². The summed E-state index contributed by atoms with van der Waals surface area (Å²) in [5.41, 5.74) is -1.18. The molecule has 1 aliphatic rings. The van der Waals surface area contributed by atoms with E-state index in [1.54, 1.807) is 0 Å². The quantitative estimate of drug-likeness (QED) is 0.556. The minimum Gasteiger partial charge on any atom is -0.354 e. The van der Waals surface area contributed by atoms with Crippen LogP contribution in [0.5, 0.6) is 0 Å². The summed E-state index contributed by atoms with van der Waals surface area (Å²) in [5.74, 6) is -1.29. The molecule has 2 heterocycles. The summed E-state index contributed by atoms with van der Waals surface area (Å²) in [6, 6.07) is 7.74. The van der Waals surface area contributed by atoms with Crippen LogP contribution < -0.4 is 10.6 Å². The number of benzene rings is 2. The van der Waals surface area contributed by atoms with E-state index in [-0.39, 0.29) is 41.5 Å². The molecule has 1 fully saturated rings.